The number of aromatic nitrogens is 1. The van der Waals surface area contributed by atoms with Gasteiger partial charge in [0.2, 0.25) is 5.91 Å². The Morgan fingerprint density at radius 3 is 2.30 bits per heavy atom. The van der Waals surface area contributed by atoms with Crippen LogP contribution in [0.15, 0.2) is 70.4 Å². The number of carbonyl (C=O) groups is 2. The van der Waals surface area contributed by atoms with Gasteiger partial charge in [0, 0.05) is 42.8 Å². The van der Waals surface area contributed by atoms with Crippen LogP contribution in [0, 0.1) is 0 Å². The number of hydrogen-bond acceptors (Lipinski definition) is 6. The predicted octanol–water partition coefficient (Wildman–Crippen LogP) is 4.01. The molecule has 0 saturated carbocycles. The number of amides is 1. The zero-order chi connectivity index (χ0) is 20.8. The van der Waals surface area contributed by atoms with Crippen LogP contribution in [0.1, 0.15) is 16.1 Å². The highest BCUT2D eigenvalue weighted by Crippen LogP contribution is 2.24. The molecule has 0 unspecified atom stereocenters. The number of thiazole rings is 1. The number of rotatable bonds is 7. The summed E-state index contributed by atoms with van der Waals surface area (Å²) in [6.45, 7) is 3.14. The molecule has 1 saturated heterocycles. The highest BCUT2D eigenvalue weighted by atomic mass is 32.2. The number of piperazine rings is 1. The van der Waals surface area contributed by atoms with E-state index in [0.29, 0.717) is 17.7 Å². The van der Waals surface area contributed by atoms with Crippen LogP contribution in [0.4, 0.5) is 5.69 Å². The van der Waals surface area contributed by atoms with E-state index < -0.39 is 0 Å². The normalized spacial score (nSPS) is 14.0. The second-order valence-electron chi connectivity index (χ2n) is 7.06. The Morgan fingerprint density at radius 1 is 0.933 bits per heavy atom. The van der Waals surface area contributed by atoms with E-state index in [1.54, 1.807) is 0 Å². The van der Waals surface area contributed by atoms with Crippen LogP contribution in [0.25, 0.3) is 0 Å². The van der Waals surface area contributed by atoms with Crippen molar-refractivity contribution in [3.05, 3.63) is 77.3 Å². The minimum Gasteiger partial charge on any atom is -0.368 e. The van der Waals surface area contributed by atoms with Crippen LogP contribution in [0.2, 0.25) is 0 Å². The van der Waals surface area contributed by atoms with Gasteiger partial charge in [-0.2, -0.15) is 0 Å². The van der Waals surface area contributed by atoms with Crippen molar-refractivity contribution in [2.24, 2.45) is 0 Å². The van der Waals surface area contributed by atoms with Gasteiger partial charge in [-0.3, -0.25) is 9.59 Å². The standard InChI is InChI=1S/C23H23N3O2S2/c27-21(18-7-3-1-4-8-18)17-30-23-24-19(16-29-23)15-22(28)26-13-11-25(12-14-26)20-9-5-2-6-10-20/h1-10,16H,11-15,17H2. The Balaban J connectivity index is 1.25. The maximum atomic E-state index is 12.7. The molecular formula is C23H23N3O2S2. The minimum atomic E-state index is 0.0877. The molecule has 1 aliphatic heterocycles. The van der Waals surface area contributed by atoms with Crippen LogP contribution in [-0.2, 0) is 11.2 Å². The number of Topliss-reactive ketones (excluding diaryl/α,β-unsaturated/α-hetero) is 1. The Kier molecular flexibility index (Phi) is 6.81. The number of ketones is 1. The third-order valence-corrected chi connectivity index (χ3v) is 7.11. The van der Waals surface area contributed by atoms with Gasteiger partial charge in [-0.15, -0.1) is 11.3 Å². The fourth-order valence-corrected chi connectivity index (χ4v) is 5.13. The number of benzene rings is 2. The summed E-state index contributed by atoms with van der Waals surface area (Å²) in [5.41, 5.74) is 2.70. The molecule has 7 heteroatoms. The lowest BCUT2D eigenvalue weighted by Gasteiger charge is -2.36. The van der Waals surface area contributed by atoms with Gasteiger partial charge in [-0.1, -0.05) is 60.3 Å². The lowest BCUT2D eigenvalue weighted by atomic mass is 10.2. The second kappa shape index (κ2) is 9.91. The van der Waals surface area contributed by atoms with Crippen molar-refractivity contribution in [2.75, 3.05) is 36.8 Å². The molecule has 0 atom stereocenters. The van der Waals surface area contributed by atoms with Crippen LogP contribution >= 0.6 is 23.1 Å². The molecule has 154 valence electrons. The maximum Gasteiger partial charge on any atom is 0.228 e. The summed E-state index contributed by atoms with van der Waals surface area (Å²) in [7, 11) is 0. The molecule has 0 spiro atoms. The van der Waals surface area contributed by atoms with E-state index in [9.17, 15) is 9.59 Å². The van der Waals surface area contributed by atoms with E-state index in [2.05, 4.69) is 22.0 Å². The van der Waals surface area contributed by atoms with Crippen LogP contribution in [0.3, 0.4) is 0 Å². The van der Waals surface area contributed by atoms with Crippen molar-refractivity contribution < 1.29 is 9.59 Å². The molecule has 0 radical (unpaired) electrons. The van der Waals surface area contributed by atoms with Crippen LogP contribution < -0.4 is 4.90 Å². The number of nitrogens with zero attached hydrogens (tertiary/aromatic N) is 3. The Bertz CT molecular complexity index is 984. The van der Waals surface area contributed by atoms with E-state index in [4.69, 9.17) is 0 Å². The van der Waals surface area contributed by atoms with Gasteiger partial charge in [-0.25, -0.2) is 4.98 Å². The first-order chi connectivity index (χ1) is 14.7. The summed E-state index contributed by atoms with van der Waals surface area (Å²) >= 11 is 2.92. The molecule has 0 N–H and O–H groups in total. The van der Waals surface area contributed by atoms with Gasteiger partial charge in [0.05, 0.1) is 17.9 Å². The van der Waals surface area contributed by atoms with Gasteiger partial charge >= 0.3 is 0 Å². The molecule has 2 heterocycles. The molecule has 1 aliphatic rings. The van der Waals surface area contributed by atoms with Gasteiger partial charge in [0.1, 0.15) is 0 Å². The highest BCUT2D eigenvalue weighted by molar-refractivity contribution is 8.01. The van der Waals surface area contributed by atoms with Gasteiger partial charge in [-0.05, 0) is 12.1 Å². The largest absolute Gasteiger partial charge is 0.368 e. The van der Waals surface area contributed by atoms with Crippen LogP contribution in [-0.4, -0.2) is 53.5 Å². The lowest BCUT2D eigenvalue weighted by Crippen LogP contribution is -2.49. The molecule has 3 aromatic rings. The third kappa shape index (κ3) is 5.29. The minimum absolute atomic E-state index is 0.0877. The van der Waals surface area contributed by atoms with Crippen molar-refractivity contribution in [1.29, 1.82) is 0 Å². The van der Waals surface area contributed by atoms with Gasteiger partial charge < -0.3 is 9.80 Å². The molecular weight excluding hydrogens is 414 g/mol. The fourth-order valence-electron chi connectivity index (χ4n) is 3.39. The summed E-state index contributed by atoms with van der Waals surface area (Å²) in [4.78, 5) is 33.7. The van der Waals surface area contributed by atoms with E-state index in [1.807, 2.05) is 58.8 Å². The molecule has 1 fully saturated rings. The van der Waals surface area contributed by atoms with E-state index >= 15 is 0 Å². The lowest BCUT2D eigenvalue weighted by molar-refractivity contribution is -0.130. The summed E-state index contributed by atoms with van der Waals surface area (Å²) < 4.78 is 0.830. The molecule has 4 rings (SSSR count). The molecule has 0 aliphatic carbocycles. The molecule has 2 aromatic carbocycles. The Labute approximate surface area is 184 Å². The van der Waals surface area contributed by atoms with Crippen molar-refractivity contribution in [1.82, 2.24) is 9.88 Å². The van der Waals surface area contributed by atoms with Crippen molar-refractivity contribution in [2.45, 2.75) is 10.8 Å². The number of carbonyl (C=O) groups excluding carboxylic acids is 2. The average molecular weight is 438 g/mol. The van der Waals surface area contributed by atoms with Crippen molar-refractivity contribution in [3.63, 3.8) is 0 Å². The van der Waals surface area contributed by atoms with E-state index in [0.717, 1.165) is 36.2 Å². The summed E-state index contributed by atoms with van der Waals surface area (Å²) in [6, 6.07) is 19.6. The predicted molar refractivity (Wildman–Crippen MR) is 123 cm³/mol. The van der Waals surface area contributed by atoms with Crippen LogP contribution in [0.5, 0.6) is 0 Å². The molecule has 0 bridgehead atoms. The van der Waals surface area contributed by atoms with Crippen molar-refractivity contribution in [3.8, 4) is 0 Å². The summed E-state index contributed by atoms with van der Waals surface area (Å²) in [5.74, 6) is 0.557. The zero-order valence-electron chi connectivity index (χ0n) is 16.6. The SMILES string of the molecule is O=C(CSc1nc(CC(=O)N2CCN(c3ccccc3)CC2)cs1)c1ccccc1. The maximum absolute atomic E-state index is 12.7. The number of para-hydroxylation sites is 1. The molecule has 5 nitrogen and oxygen atoms in total. The number of thioether (sulfide) groups is 1. The van der Waals surface area contributed by atoms with Gasteiger partial charge in [0.15, 0.2) is 10.1 Å². The zero-order valence-corrected chi connectivity index (χ0v) is 18.2. The second-order valence-corrected chi connectivity index (χ2v) is 9.14. The summed E-state index contributed by atoms with van der Waals surface area (Å²) in [5, 5.41) is 1.92. The Hall–Kier alpha value is -2.64. The molecule has 1 amide bonds. The Morgan fingerprint density at radius 2 is 1.60 bits per heavy atom. The fraction of sp³-hybridized carbons (Fsp3) is 0.261. The first-order valence-electron chi connectivity index (χ1n) is 9.92. The first-order valence-corrected chi connectivity index (χ1v) is 11.8. The first kappa shape index (κ1) is 20.6. The number of anilines is 1. The quantitative estimate of drug-likeness (QED) is 0.413. The summed E-state index contributed by atoms with van der Waals surface area (Å²) in [6.07, 6.45) is 0.315. The third-order valence-electron chi connectivity index (χ3n) is 5.04. The molecule has 1 aromatic heterocycles. The topological polar surface area (TPSA) is 53.5 Å². The number of hydrogen-bond donors (Lipinski definition) is 0. The van der Waals surface area contributed by atoms with E-state index in [1.165, 1.54) is 28.8 Å². The smallest absolute Gasteiger partial charge is 0.228 e. The van der Waals surface area contributed by atoms with Gasteiger partial charge in [0.25, 0.3) is 0 Å². The van der Waals surface area contributed by atoms with E-state index in [-0.39, 0.29) is 11.7 Å². The molecule has 30 heavy (non-hydrogen) atoms. The average Bonchev–Trinajstić information content (AvgIpc) is 3.26. The highest BCUT2D eigenvalue weighted by Gasteiger charge is 2.22. The monoisotopic (exact) mass is 437 g/mol. The van der Waals surface area contributed by atoms with Crippen molar-refractivity contribution >= 4 is 40.5 Å².